The maximum Gasteiger partial charge on any atom is 0.169 e. The van der Waals surface area contributed by atoms with Crippen LogP contribution in [0.5, 0.6) is 0 Å². The predicted molar refractivity (Wildman–Crippen MR) is 44.1 cm³/mol. The van der Waals surface area contributed by atoms with E-state index in [1.165, 1.54) is 0 Å². The topological polar surface area (TPSA) is 80.4 Å². The minimum absolute atomic E-state index is 0.602. The van der Waals surface area contributed by atoms with Crippen LogP contribution in [-0.4, -0.2) is 22.9 Å². The number of allylic oxidation sites excluding steroid dienone is 2. The van der Waals surface area contributed by atoms with Crippen LogP contribution in [0.1, 0.15) is 0 Å². The molecule has 0 aliphatic carbocycles. The Morgan fingerprint density at radius 1 is 1.25 bits per heavy atom. The van der Waals surface area contributed by atoms with E-state index in [4.69, 9.17) is 10.8 Å². The highest BCUT2D eigenvalue weighted by Crippen LogP contribution is 2.04. The Labute approximate surface area is 70.4 Å². The largest absolute Gasteiger partial charge is 0.378 e. The molecule has 0 radical (unpaired) electrons. The van der Waals surface area contributed by atoms with Crippen molar-refractivity contribution in [2.75, 3.05) is 0 Å². The van der Waals surface area contributed by atoms with Crippen molar-refractivity contribution in [1.29, 1.82) is 0 Å². The Morgan fingerprint density at radius 3 is 1.75 bits per heavy atom. The summed E-state index contributed by atoms with van der Waals surface area (Å²) in [6, 6.07) is 0. The van der Waals surface area contributed by atoms with Crippen molar-refractivity contribution in [3.63, 3.8) is 0 Å². The van der Waals surface area contributed by atoms with Crippen molar-refractivity contribution in [2.24, 2.45) is 11.7 Å². The summed E-state index contributed by atoms with van der Waals surface area (Å²) in [5.74, 6) is -2.47. The molecule has 3 N–H and O–H groups in total. The van der Waals surface area contributed by atoms with E-state index in [1.807, 2.05) is 0 Å². The molecule has 0 aromatic rings. The van der Waals surface area contributed by atoms with E-state index in [9.17, 15) is 9.59 Å². The molecular weight excluding hydrogens is 158 g/mol. The number of aliphatic hydroxyl groups is 1. The molecule has 0 saturated heterocycles. The van der Waals surface area contributed by atoms with Crippen molar-refractivity contribution >= 4 is 11.6 Å². The first-order valence-electron chi connectivity index (χ1n) is 3.30. The van der Waals surface area contributed by atoms with E-state index < -0.39 is 23.7 Å². The second-order valence-electron chi connectivity index (χ2n) is 2.18. The van der Waals surface area contributed by atoms with Gasteiger partial charge >= 0.3 is 0 Å². The number of rotatable bonds is 5. The van der Waals surface area contributed by atoms with Gasteiger partial charge in [-0.25, -0.2) is 0 Å². The molecule has 0 heterocycles. The average Bonchev–Trinajstić information content (AvgIpc) is 2.03. The first kappa shape index (κ1) is 10.7. The molecule has 66 valence electrons. The molecule has 0 aliphatic rings. The number of ketones is 2. The van der Waals surface area contributed by atoms with Crippen molar-refractivity contribution in [3.8, 4) is 0 Å². The molecule has 12 heavy (non-hydrogen) atoms. The Hall–Kier alpha value is -1.26. The number of carbonyl (C=O) groups is 2. The van der Waals surface area contributed by atoms with Gasteiger partial charge in [0.2, 0.25) is 0 Å². The molecular formula is C8H11NO3. The van der Waals surface area contributed by atoms with Gasteiger partial charge in [-0.15, -0.1) is 0 Å². The summed E-state index contributed by atoms with van der Waals surface area (Å²) in [7, 11) is 0. The molecule has 0 aromatic heterocycles. The summed E-state index contributed by atoms with van der Waals surface area (Å²) in [5, 5.41) is 8.86. The lowest BCUT2D eigenvalue weighted by Gasteiger charge is -2.12. The molecule has 0 rings (SSSR count). The fourth-order valence-corrected chi connectivity index (χ4v) is 0.731. The van der Waals surface area contributed by atoms with Crippen LogP contribution in [-0.2, 0) is 9.59 Å². The highest BCUT2D eigenvalue weighted by molar-refractivity contribution is 6.11. The highest BCUT2D eigenvalue weighted by Gasteiger charge is 2.27. The quantitative estimate of drug-likeness (QED) is 0.327. The van der Waals surface area contributed by atoms with Gasteiger partial charge in [-0.3, -0.25) is 9.59 Å². The van der Waals surface area contributed by atoms with E-state index in [1.54, 1.807) is 0 Å². The fourth-order valence-electron chi connectivity index (χ4n) is 0.731. The first-order chi connectivity index (χ1) is 5.54. The van der Waals surface area contributed by atoms with Crippen LogP contribution in [0.3, 0.4) is 0 Å². The number of hydrogen-bond donors (Lipinski definition) is 2. The number of nitrogens with two attached hydrogens (primary N) is 1. The zero-order valence-corrected chi connectivity index (χ0v) is 6.56. The zero-order chi connectivity index (χ0) is 9.72. The Bertz CT molecular complexity index is 200. The molecule has 0 amide bonds. The van der Waals surface area contributed by atoms with Gasteiger partial charge in [-0.2, -0.15) is 0 Å². The smallest absolute Gasteiger partial charge is 0.169 e. The molecule has 0 bridgehead atoms. The van der Waals surface area contributed by atoms with E-state index in [0.717, 1.165) is 12.2 Å². The Balaban J connectivity index is 4.65. The molecule has 0 aliphatic heterocycles. The van der Waals surface area contributed by atoms with Crippen LogP contribution in [0.4, 0.5) is 0 Å². The lowest BCUT2D eigenvalue weighted by molar-refractivity contribution is -0.131. The van der Waals surface area contributed by atoms with Crippen LogP contribution in [0.25, 0.3) is 0 Å². The van der Waals surface area contributed by atoms with Gasteiger partial charge in [0, 0.05) is 0 Å². The zero-order valence-electron chi connectivity index (χ0n) is 6.56. The number of aliphatic hydroxyl groups excluding tert-OH is 1. The van der Waals surface area contributed by atoms with E-state index in [-0.39, 0.29) is 0 Å². The summed E-state index contributed by atoms with van der Waals surface area (Å²) in [6.07, 6.45) is 0.394. The summed E-state index contributed by atoms with van der Waals surface area (Å²) >= 11 is 0. The molecule has 1 unspecified atom stereocenters. The summed E-state index contributed by atoms with van der Waals surface area (Å²) in [4.78, 5) is 21.9. The van der Waals surface area contributed by atoms with Crippen molar-refractivity contribution in [3.05, 3.63) is 25.3 Å². The van der Waals surface area contributed by atoms with Gasteiger partial charge in [-0.1, -0.05) is 13.2 Å². The third-order valence-corrected chi connectivity index (χ3v) is 1.36. The summed E-state index contributed by atoms with van der Waals surface area (Å²) in [5.41, 5.74) is 5.01. The Morgan fingerprint density at radius 2 is 1.58 bits per heavy atom. The summed E-state index contributed by atoms with van der Waals surface area (Å²) in [6.45, 7) is 6.36. The van der Waals surface area contributed by atoms with Crippen LogP contribution < -0.4 is 5.73 Å². The summed E-state index contributed by atoms with van der Waals surface area (Å²) < 4.78 is 0. The molecule has 0 fully saturated rings. The number of hydrogen-bond acceptors (Lipinski definition) is 4. The second kappa shape index (κ2) is 4.58. The maximum atomic E-state index is 10.9. The number of carbonyl (C=O) groups excluding carboxylic acids is 2. The normalized spacial score (nSPS) is 12.2. The molecule has 0 spiro atoms. The van der Waals surface area contributed by atoms with E-state index in [2.05, 4.69) is 13.2 Å². The minimum atomic E-state index is -1.50. The standard InChI is InChI=1S/C8H11NO3/c1-3-5(10)7(8(9)12)6(11)4-2/h3-4,7-8,12H,1-2,9H2. The average molecular weight is 169 g/mol. The highest BCUT2D eigenvalue weighted by atomic mass is 16.3. The van der Waals surface area contributed by atoms with Gasteiger partial charge in [0.1, 0.15) is 12.1 Å². The SMILES string of the molecule is C=CC(=O)C(C(=O)C=C)C(N)O. The van der Waals surface area contributed by atoms with Crippen LogP contribution in [0.2, 0.25) is 0 Å². The van der Waals surface area contributed by atoms with Crippen LogP contribution >= 0.6 is 0 Å². The molecule has 0 aromatic carbocycles. The van der Waals surface area contributed by atoms with E-state index in [0.29, 0.717) is 0 Å². The van der Waals surface area contributed by atoms with Crippen molar-refractivity contribution in [2.45, 2.75) is 6.23 Å². The second-order valence-corrected chi connectivity index (χ2v) is 2.18. The van der Waals surface area contributed by atoms with Gasteiger partial charge in [-0.05, 0) is 12.2 Å². The lowest BCUT2D eigenvalue weighted by atomic mass is 9.97. The fraction of sp³-hybridized carbons (Fsp3) is 0.250. The molecule has 0 saturated carbocycles. The van der Waals surface area contributed by atoms with Crippen LogP contribution in [0.15, 0.2) is 25.3 Å². The van der Waals surface area contributed by atoms with Gasteiger partial charge < -0.3 is 10.8 Å². The molecule has 4 nitrogen and oxygen atoms in total. The molecule has 4 heteroatoms. The minimum Gasteiger partial charge on any atom is -0.378 e. The Kier molecular flexibility index (Phi) is 4.10. The first-order valence-corrected chi connectivity index (χ1v) is 3.30. The third-order valence-electron chi connectivity index (χ3n) is 1.36. The van der Waals surface area contributed by atoms with E-state index >= 15 is 0 Å². The van der Waals surface area contributed by atoms with Gasteiger partial charge in [0.05, 0.1) is 0 Å². The molecule has 1 atom stereocenters. The van der Waals surface area contributed by atoms with Crippen molar-refractivity contribution < 1.29 is 14.7 Å². The van der Waals surface area contributed by atoms with Gasteiger partial charge in [0.15, 0.2) is 11.6 Å². The monoisotopic (exact) mass is 169 g/mol. The third kappa shape index (κ3) is 2.41. The maximum absolute atomic E-state index is 10.9. The van der Waals surface area contributed by atoms with Crippen LogP contribution in [0, 0.1) is 5.92 Å². The van der Waals surface area contributed by atoms with Gasteiger partial charge in [0.25, 0.3) is 0 Å². The lowest BCUT2D eigenvalue weighted by Crippen LogP contribution is -2.39. The van der Waals surface area contributed by atoms with Crippen molar-refractivity contribution in [1.82, 2.24) is 0 Å². The predicted octanol–water partition coefficient (Wildman–Crippen LogP) is -0.610.